The molecule has 1 unspecified atom stereocenters. The van der Waals surface area contributed by atoms with Crippen molar-refractivity contribution < 1.29 is 28.6 Å². The number of allylic oxidation sites excluding steroid dienone is 16. The van der Waals surface area contributed by atoms with E-state index in [4.69, 9.17) is 14.2 Å². The fourth-order valence-electron chi connectivity index (χ4n) is 7.96. The third-order valence-electron chi connectivity index (χ3n) is 12.3. The van der Waals surface area contributed by atoms with Crippen LogP contribution in [0.3, 0.4) is 0 Å². The number of rotatable bonds is 52. The highest BCUT2D eigenvalue weighted by Gasteiger charge is 2.19. The second kappa shape index (κ2) is 57.9. The van der Waals surface area contributed by atoms with E-state index in [2.05, 4.69) is 118 Å². The standard InChI is InChI=1S/C64H108O6/c1-4-7-10-13-16-19-22-25-28-29-30-31-32-33-34-35-37-39-42-45-48-51-54-57-63(66)69-60-61(59-68-62(65)56-53-50-47-44-41-38-27-24-21-18-15-12-9-6-3)70-64(67)58-55-52-49-46-43-40-36-26-23-20-17-14-11-8-5-2/h7,10,16,19,25-26,28,30-31,33-34,36-37,39,45,48,61H,4-6,8-9,11-15,17-18,20-24,27,29,32,35,38,40-44,46-47,49-60H2,1-3H3/b10-7-,19-16-,28-25-,31-30-,34-33-,36-26-,39-37-,48-45-. The van der Waals surface area contributed by atoms with Gasteiger partial charge in [-0.2, -0.15) is 0 Å². The largest absolute Gasteiger partial charge is 0.462 e. The number of unbranched alkanes of at least 4 members (excludes halogenated alkanes) is 25. The molecule has 70 heavy (non-hydrogen) atoms. The minimum atomic E-state index is -0.804. The highest BCUT2D eigenvalue weighted by Crippen LogP contribution is 2.15. The Balaban J connectivity index is 4.47. The summed E-state index contributed by atoms with van der Waals surface area (Å²) >= 11 is 0. The quantitative estimate of drug-likeness (QED) is 0.0262. The summed E-state index contributed by atoms with van der Waals surface area (Å²) in [6, 6.07) is 0. The molecule has 0 amide bonds. The van der Waals surface area contributed by atoms with Crippen LogP contribution in [0.2, 0.25) is 0 Å². The van der Waals surface area contributed by atoms with Crippen molar-refractivity contribution in [1.82, 2.24) is 0 Å². The Hall–Kier alpha value is -3.67. The topological polar surface area (TPSA) is 78.9 Å². The van der Waals surface area contributed by atoms with Gasteiger partial charge < -0.3 is 14.2 Å². The number of esters is 3. The third kappa shape index (κ3) is 55.3. The van der Waals surface area contributed by atoms with Gasteiger partial charge in [-0.15, -0.1) is 0 Å². The highest BCUT2D eigenvalue weighted by atomic mass is 16.6. The van der Waals surface area contributed by atoms with Crippen molar-refractivity contribution in [2.75, 3.05) is 13.2 Å². The van der Waals surface area contributed by atoms with Gasteiger partial charge in [0.2, 0.25) is 0 Å². The molecular formula is C64H108O6. The molecular weight excluding hydrogens is 865 g/mol. The van der Waals surface area contributed by atoms with Crippen LogP contribution in [0.4, 0.5) is 0 Å². The predicted molar refractivity (Wildman–Crippen MR) is 302 cm³/mol. The molecule has 400 valence electrons. The Morgan fingerprint density at radius 3 is 0.943 bits per heavy atom. The molecule has 0 spiro atoms. The first-order valence-corrected chi connectivity index (χ1v) is 29.2. The van der Waals surface area contributed by atoms with E-state index >= 15 is 0 Å². The van der Waals surface area contributed by atoms with Crippen LogP contribution >= 0.6 is 0 Å². The van der Waals surface area contributed by atoms with Crippen LogP contribution in [0, 0.1) is 0 Å². The van der Waals surface area contributed by atoms with Gasteiger partial charge in [0.25, 0.3) is 0 Å². The smallest absolute Gasteiger partial charge is 0.306 e. The van der Waals surface area contributed by atoms with Crippen molar-refractivity contribution in [2.24, 2.45) is 0 Å². The van der Waals surface area contributed by atoms with E-state index in [9.17, 15) is 14.4 Å². The van der Waals surface area contributed by atoms with E-state index in [0.29, 0.717) is 19.3 Å². The highest BCUT2D eigenvalue weighted by molar-refractivity contribution is 5.71. The summed E-state index contributed by atoms with van der Waals surface area (Å²) in [5, 5.41) is 0. The summed E-state index contributed by atoms with van der Waals surface area (Å²) in [6.45, 7) is 6.48. The zero-order valence-corrected chi connectivity index (χ0v) is 45.8. The molecule has 0 rings (SSSR count). The lowest BCUT2D eigenvalue weighted by Crippen LogP contribution is -2.30. The molecule has 0 saturated heterocycles. The summed E-state index contributed by atoms with van der Waals surface area (Å²) in [5.74, 6) is -0.962. The molecule has 0 aliphatic heterocycles. The lowest BCUT2D eigenvalue weighted by atomic mass is 10.0. The lowest BCUT2D eigenvalue weighted by Gasteiger charge is -2.18. The molecule has 0 aromatic rings. The van der Waals surface area contributed by atoms with Crippen molar-refractivity contribution in [1.29, 1.82) is 0 Å². The van der Waals surface area contributed by atoms with Crippen molar-refractivity contribution in [3.8, 4) is 0 Å². The second-order valence-corrected chi connectivity index (χ2v) is 19.2. The molecule has 0 radical (unpaired) electrons. The van der Waals surface area contributed by atoms with Gasteiger partial charge in [0.05, 0.1) is 0 Å². The number of hydrogen-bond acceptors (Lipinski definition) is 6. The molecule has 1 atom stereocenters. The zero-order valence-electron chi connectivity index (χ0n) is 45.8. The summed E-state index contributed by atoms with van der Waals surface area (Å²) < 4.78 is 16.8. The Kier molecular flexibility index (Phi) is 54.9. The number of carbonyl (C=O) groups is 3. The summed E-state index contributed by atoms with van der Waals surface area (Å²) in [6.07, 6.45) is 76.9. The fraction of sp³-hybridized carbons (Fsp3) is 0.703. The normalized spacial score (nSPS) is 12.8. The van der Waals surface area contributed by atoms with E-state index in [1.54, 1.807) is 0 Å². The van der Waals surface area contributed by atoms with Gasteiger partial charge in [-0.1, -0.05) is 253 Å². The maximum Gasteiger partial charge on any atom is 0.306 e. The minimum absolute atomic E-state index is 0.0971. The third-order valence-corrected chi connectivity index (χ3v) is 12.3. The molecule has 0 aromatic carbocycles. The molecule has 0 bridgehead atoms. The van der Waals surface area contributed by atoms with Gasteiger partial charge in [0.1, 0.15) is 13.2 Å². The molecule has 0 aliphatic carbocycles. The molecule has 0 aliphatic rings. The van der Waals surface area contributed by atoms with Crippen LogP contribution in [0.5, 0.6) is 0 Å². The maximum atomic E-state index is 12.8. The van der Waals surface area contributed by atoms with E-state index in [1.807, 2.05) is 0 Å². The van der Waals surface area contributed by atoms with Crippen molar-refractivity contribution in [2.45, 2.75) is 277 Å². The molecule has 0 heterocycles. The molecule has 0 N–H and O–H groups in total. The molecule has 0 fully saturated rings. The van der Waals surface area contributed by atoms with E-state index in [0.717, 1.165) is 103 Å². The van der Waals surface area contributed by atoms with Crippen LogP contribution in [-0.4, -0.2) is 37.2 Å². The molecule has 6 heteroatoms. The van der Waals surface area contributed by atoms with Gasteiger partial charge >= 0.3 is 17.9 Å². The average molecular weight is 974 g/mol. The van der Waals surface area contributed by atoms with Gasteiger partial charge in [-0.05, 0) is 96.3 Å². The van der Waals surface area contributed by atoms with Crippen molar-refractivity contribution in [3.63, 3.8) is 0 Å². The summed E-state index contributed by atoms with van der Waals surface area (Å²) in [4.78, 5) is 38.1. The lowest BCUT2D eigenvalue weighted by molar-refractivity contribution is -0.167. The Morgan fingerprint density at radius 1 is 0.300 bits per heavy atom. The van der Waals surface area contributed by atoms with Crippen LogP contribution in [0.25, 0.3) is 0 Å². The second-order valence-electron chi connectivity index (χ2n) is 19.2. The predicted octanol–water partition coefficient (Wildman–Crippen LogP) is 19.7. The monoisotopic (exact) mass is 973 g/mol. The number of hydrogen-bond donors (Lipinski definition) is 0. The van der Waals surface area contributed by atoms with Crippen LogP contribution in [0.15, 0.2) is 97.2 Å². The first-order valence-electron chi connectivity index (χ1n) is 29.2. The van der Waals surface area contributed by atoms with Crippen LogP contribution in [0.1, 0.15) is 271 Å². The van der Waals surface area contributed by atoms with Gasteiger partial charge in [-0.25, -0.2) is 0 Å². The Labute approximate surface area is 432 Å². The molecule has 0 aromatic heterocycles. The van der Waals surface area contributed by atoms with Gasteiger partial charge in [0, 0.05) is 19.3 Å². The maximum absolute atomic E-state index is 12.8. The molecule has 0 saturated carbocycles. The molecule has 6 nitrogen and oxygen atoms in total. The number of ether oxygens (including phenoxy) is 3. The van der Waals surface area contributed by atoms with Gasteiger partial charge in [-0.3, -0.25) is 14.4 Å². The first-order chi connectivity index (χ1) is 34.5. The number of carbonyl (C=O) groups excluding carboxylic acids is 3. The minimum Gasteiger partial charge on any atom is -0.462 e. The Bertz CT molecular complexity index is 1400. The zero-order chi connectivity index (χ0) is 50.7. The summed E-state index contributed by atoms with van der Waals surface area (Å²) in [7, 11) is 0. The van der Waals surface area contributed by atoms with Crippen molar-refractivity contribution >= 4 is 17.9 Å². The van der Waals surface area contributed by atoms with Gasteiger partial charge in [0.15, 0.2) is 6.10 Å². The van der Waals surface area contributed by atoms with Crippen molar-refractivity contribution in [3.05, 3.63) is 97.2 Å². The SMILES string of the molecule is CC/C=C\C/C=C\C/C=C\C/C=C\C/C=C\C/C=C\C/C=C\CCCC(=O)OCC(COC(=O)CCCCCCCCCCCCCCCC)OC(=O)CCCCCCC/C=C\CCCCCCCC. The van der Waals surface area contributed by atoms with Crippen LogP contribution in [-0.2, 0) is 28.6 Å². The first kappa shape index (κ1) is 66.3. The fourth-order valence-corrected chi connectivity index (χ4v) is 7.96. The van der Waals surface area contributed by atoms with E-state index in [-0.39, 0.29) is 37.5 Å². The van der Waals surface area contributed by atoms with E-state index < -0.39 is 6.10 Å². The average Bonchev–Trinajstić information content (AvgIpc) is 3.36. The Morgan fingerprint density at radius 2 is 0.571 bits per heavy atom. The van der Waals surface area contributed by atoms with Crippen LogP contribution < -0.4 is 0 Å². The van der Waals surface area contributed by atoms with E-state index in [1.165, 1.54) is 122 Å². The summed E-state index contributed by atoms with van der Waals surface area (Å²) in [5.41, 5.74) is 0.